The standard InChI is InChI=1S/C32H20ClN3OS2/c33-23-15-16-30-28(17-23)36(27-13-7-8-14-29(27)39-30)31(37)20-38-32-25(19-34)24(21-9-3-1-4-10-21)18-26(35-32)22-11-5-2-6-12-22/h1-18H,20H2. The van der Waals surface area contributed by atoms with Gasteiger partial charge in [0.25, 0.3) is 0 Å². The summed E-state index contributed by atoms with van der Waals surface area (Å²) in [4.78, 5) is 22.4. The summed E-state index contributed by atoms with van der Waals surface area (Å²) in [6, 6.07) is 37.4. The molecule has 1 amide bonds. The van der Waals surface area contributed by atoms with Gasteiger partial charge in [-0.05, 0) is 42.0 Å². The molecule has 0 radical (unpaired) electrons. The number of benzene rings is 4. The number of hydrogen-bond acceptors (Lipinski definition) is 5. The van der Waals surface area contributed by atoms with Crippen molar-refractivity contribution in [2.45, 2.75) is 14.8 Å². The second-order valence-electron chi connectivity index (χ2n) is 8.78. The quantitative estimate of drug-likeness (QED) is 0.201. The Hall–Kier alpha value is -4.02. The zero-order valence-electron chi connectivity index (χ0n) is 20.5. The van der Waals surface area contributed by atoms with E-state index < -0.39 is 0 Å². The van der Waals surface area contributed by atoms with E-state index in [0.29, 0.717) is 15.6 Å². The molecule has 0 aliphatic carbocycles. The van der Waals surface area contributed by atoms with Crippen LogP contribution < -0.4 is 4.90 Å². The average Bonchev–Trinajstić information content (AvgIpc) is 2.99. The molecule has 2 heterocycles. The molecular weight excluding hydrogens is 542 g/mol. The number of anilines is 2. The van der Waals surface area contributed by atoms with E-state index in [1.165, 1.54) is 11.8 Å². The largest absolute Gasteiger partial charge is 0.278 e. The van der Waals surface area contributed by atoms with Crippen LogP contribution in [0.15, 0.2) is 124 Å². The predicted molar refractivity (Wildman–Crippen MR) is 160 cm³/mol. The van der Waals surface area contributed by atoms with Crippen molar-refractivity contribution in [1.82, 2.24) is 4.98 Å². The van der Waals surface area contributed by atoms with Crippen LogP contribution in [0, 0.1) is 11.3 Å². The summed E-state index contributed by atoms with van der Waals surface area (Å²) in [5.41, 5.74) is 5.44. The lowest BCUT2D eigenvalue weighted by atomic mass is 9.99. The van der Waals surface area contributed by atoms with Crippen LogP contribution in [0.2, 0.25) is 5.02 Å². The highest BCUT2D eigenvalue weighted by Crippen LogP contribution is 2.49. The maximum Gasteiger partial charge on any atom is 0.242 e. The summed E-state index contributed by atoms with van der Waals surface area (Å²) in [5.74, 6) is -0.0209. The maximum absolute atomic E-state index is 13.9. The molecule has 0 unspecified atom stereocenters. The zero-order chi connectivity index (χ0) is 26.8. The van der Waals surface area contributed by atoms with Gasteiger partial charge in [-0.15, -0.1) is 0 Å². The van der Waals surface area contributed by atoms with Gasteiger partial charge in [-0.3, -0.25) is 9.69 Å². The van der Waals surface area contributed by atoms with Gasteiger partial charge in [0, 0.05) is 25.9 Å². The van der Waals surface area contributed by atoms with E-state index in [9.17, 15) is 10.1 Å². The molecule has 1 aliphatic heterocycles. The SMILES string of the molecule is N#Cc1c(-c2ccccc2)cc(-c2ccccc2)nc1SCC(=O)N1c2ccccc2Sc2ccc(Cl)cc21. The molecule has 4 nitrogen and oxygen atoms in total. The topological polar surface area (TPSA) is 57.0 Å². The van der Waals surface area contributed by atoms with E-state index in [-0.39, 0.29) is 11.7 Å². The first-order chi connectivity index (χ1) is 19.1. The Morgan fingerprint density at radius 1 is 0.846 bits per heavy atom. The van der Waals surface area contributed by atoms with Crippen molar-refractivity contribution in [3.05, 3.63) is 120 Å². The van der Waals surface area contributed by atoms with Crippen LogP contribution in [0.4, 0.5) is 11.4 Å². The van der Waals surface area contributed by atoms with Crippen molar-refractivity contribution in [2.24, 2.45) is 0 Å². The second kappa shape index (κ2) is 11.0. The highest BCUT2D eigenvalue weighted by Gasteiger charge is 2.29. The molecular formula is C32H20ClN3OS2. The first kappa shape index (κ1) is 25.3. The molecule has 1 aromatic heterocycles. The highest BCUT2D eigenvalue weighted by molar-refractivity contribution is 8.00. The van der Waals surface area contributed by atoms with Crippen molar-refractivity contribution >= 4 is 52.4 Å². The molecule has 39 heavy (non-hydrogen) atoms. The number of carbonyl (C=O) groups excluding carboxylic acids is 1. The first-order valence-corrected chi connectivity index (χ1v) is 14.4. The van der Waals surface area contributed by atoms with E-state index in [1.54, 1.807) is 16.7 Å². The molecule has 6 rings (SSSR count). The highest BCUT2D eigenvalue weighted by atomic mass is 35.5. The number of pyridine rings is 1. The average molecular weight is 562 g/mol. The van der Waals surface area contributed by atoms with Crippen LogP contribution >= 0.6 is 35.1 Å². The molecule has 7 heteroatoms. The fourth-order valence-corrected chi connectivity index (χ4v) is 6.58. The van der Waals surface area contributed by atoms with Gasteiger partial charge in [-0.1, -0.05) is 108 Å². The fourth-order valence-electron chi connectivity index (χ4n) is 4.53. The van der Waals surface area contributed by atoms with Crippen molar-refractivity contribution in [1.29, 1.82) is 5.26 Å². The van der Waals surface area contributed by atoms with E-state index in [2.05, 4.69) is 6.07 Å². The zero-order valence-corrected chi connectivity index (χ0v) is 22.9. The Bertz CT molecular complexity index is 1740. The normalized spacial score (nSPS) is 11.8. The van der Waals surface area contributed by atoms with Gasteiger partial charge in [0.15, 0.2) is 0 Å². The van der Waals surface area contributed by atoms with Crippen molar-refractivity contribution in [2.75, 3.05) is 10.7 Å². The number of para-hydroxylation sites is 1. The van der Waals surface area contributed by atoms with Gasteiger partial charge in [0.1, 0.15) is 11.1 Å². The third-order valence-corrected chi connectivity index (χ3v) is 8.65. The second-order valence-corrected chi connectivity index (χ2v) is 11.3. The summed E-state index contributed by atoms with van der Waals surface area (Å²) in [5, 5.41) is 11.3. The molecule has 0 bridgehead atoms. The van der Waals surface area contributed by atoms with Gasteiger partial charge >= 0.3 is 0 Å². The van der Waals surface area contributed by atoms with Crippen LogP contribution in [0.1, 0.15) is 5.56 Å². The molecule has 188 valence electrons. The molecule has 0 saturated heterocycles. The summed E-state index contributed by atoms with van der Waals surface area (Å²) < 4.78 is 0. The number of fused-ring (bicyclic) bond motifs is 2. The number of nitriles is 1. The number of rotatable bonds is 5. The molecule has 0 spiro atoms. The molecule has 5 aromatic rings. The van der Waals surface area contributed by atoms with Crippen LogP contribution in [0.25, 0.3) is 22.4 Å². The van der Waals surface area contributed by atoms with Gasteiger partial charge in [0.05, 0.1) is 28.4 Å². The van der Waals surface area contributed by atoms with Gasteiger partial charge < -0.3 is 0 Å². The van der Waals surface area contributed by atoms with Crippen molar-refractivity contribution in [3.63, 3.8) is 0 Å². The molecule has 0 fully saturated rings. The lowest BCUT2D eigenvalue weighted by molar-refractivity contribution is -0.115. The molecule has 0 N–H and O–H groups in total. The summed E-state index contributed by atoms with van der Waals surface area (Å²) in [6.07, 6.45) is 0. The summed E-state index contributed by atoms with van der Waals surface area (Å²) >= 11 is 9.24. The lowest BCUT2D eigenvalue weighted by Crippen LogP contribution is -2.30. The van der Waals surface area contributed by atoms with Crippen molar-refractivity contribution in [3.8, 4) is 28.5 Å². The number of halogens is 1. The fraction of sp³-hybridized carbons (Fsp3) is 0.0312. The first-order valence-electron chi connectivity index (χ1n) is 12.2. The number of hydrogen-bond donors (Lipinski definition) is 0. The van der Waals surface area contributed by atoms with Crippen LogP contribution in [-0.4, -0.2) is 16.6 Å². The number of thioether (sulfide) groups is 1. The summed E-state index contributed by atoms with van der Waals surface area (Å²) in [6.45, 7) is 0. The Balaban J connectivity index is 1.40. The Kier molecular flexibility index (Phi) is 7.12. The molecule has 1 aliphatic rings. The van der Waals surface area contributed by atoms with Gasteiger partial charge in [0.2, 0.25) is 5.91 Å². The Morgan fingerprint density at radius 2 is 1.51 bits per heavy atom. The number of nitrogens with zero attached hydrogens (tertiary/aromatic N) is 3. The smallest absolute Gasteiger partial charge is 0.242 e. The number of aromatic nitrogens is 1. The van der Waals surface area contributed by atoms with Crippen LogP contribution in [-0.2, 0) is 4.79 Å². The minimum atomic E-state index is -0.117. The van der Waals surface area contributed by atoms with E-state index in [1.807, 2.05) is 109 Å². The predicted octanol–water partition coefficient (Wildman–Crippen LogP) is 8.86. The minimum Gasteiger partial charge on any atom is -0.278 e. The monoisotopic (exact) mass is 561 g/mol. The number of carbonyl (C=O) groups is 1. The third kappa shape index (κ3) is 5.05. The van der Waals surface area contributed by atoms with Gasteiger partial charge in [-0.25, -0.2) is 4.98 Å². The summed E-state index contributed by atoms with van der Waals surface area (Å²) in [7, 11) is 0. The lowest BCUT2D eigenvalue weighted by Gasteiger charge is -2.31. The number of amides is 1. The van der Waals surface area contributed by atoms with Crippen LogP contribution in [0.3, 0.4) is 0 Å². The molecule has 0 saturated carbocycles. The third-order valence-electron chi connectivity index (χ3n) is 6.32. The van der Waals surface area contributed by atoms with E-state index >= 15 is 0 Å². The van der Waals surface area contributed by atoms with Gasteiger partial charge in [-0.2, -0.15) is 5.26 Å². The Labute approximate surface area is 240 Å². The van der Waals surface area contributed by atoms with E-state index in [0.717, 1.165) is 43.6 Å². The Morgan fingerprint density at radius 3 is 2.26 bits per heavy atom. The van der Waals surface area contributed by atoms with Crippen molar-refractivity contribution < 1.29 is 4.79 Å². The van der Waals surface area contributed by atoms with Crippen LogP contribution in [0.5, 0.6) is 0 Å². The molecule has 4 aromatic carbocycles. The minimum absolute atomic E-state index is 0.0963. The maximum atomic E-state index is 13.9. The molecule has 0 atom stereocenters. The van der Waals surface area contributed by atoms with E-state index in [4.69, 9.17) is 16.6 Å².